The molecule has 1 aromatic carbocycles. The second kappa shape index (κ2) is 9.76. The van der Waals surface area contributed by atoms with Crippen LogP contribution in [0.25, 0.3) is 0 Å². The van der Waals surface area contributed by atoms with Gasteiger partial charge in [-0.1, -0.05) is 29.8 Å². The van der Waals surface area contributed by atoms with Crippen LogP contribution >= 0.6 is 28.3 Å². The Kier molecular flexibility index (Phi) is 9.24. The van der Waals surface area contributed by atoms with E-state index in [1.54, 1.807) is 6.07 Å². The molecule has 0 aromatic heterocycles. The van der Waals surface area contributed by atoms with Gasteiger partial charge in [-0.25, -0.2) is 4.39 Å². The molecule has 0 aliphatic heterocycles. The van der Waals surface area contributed by atoms with E-state index in [1.807, 2.05) is 13.8 Å². The average molecular weight is 397 g/mol. The maximum Gasteiger partial charge on any atom is 0.239 e. The van der Waals surface area contributed by atoms with Crippen LogP contribution in [0.3, 0.4) is 0 Å². The Hall–Kier alpha value is -1.18. The molecule has 0 aliphatic rings. The fraction of sp³-hybridized carbons (Fsp3) is 0.429. The third-order valence-electron chi connectivity index (χ3n) is 2.86. The molecule has 5 nitrogen and oxygen atoms in total. The summed E-state index contributed by atoms with van der Waals surface area (Å²) in [7, 11) is 0. The predicted octanol–water partition coefficient (Wildman–Crippen LogP) is 1.73. The van der Waals surface area contributed by atoms with Crippen molar-refractivity contribution in [1.82, 2.24) is 10.6 Å². The first-order valence-corrected chi connectivity index (χ1v) is 7.34. The molecule has 0 bridgehead atoms. The van der Waals surface area contributed by atoms with E-state index in [4.69, 9.17) is 5.73 Å². The number of carbonyl (C=O) groups is 2. The van der Waals surface area contributed by atoms with Crippen LogP contribution in [0.15, 0.2) is 22.7 Å². The van der Waals surface area contributed by atoms with Gasteiger partial charge in [-0.15, -0.1) is 12.4 Å². The number of carbonyl (C=O) groups excluding carboxylic acids is 2. The summed E-state index contributed by atoms with van der Waals surface area (Å²) in [5, 5.41) is 5.06. The van der Waals surface area contributed by atoms with Crippen LogP contribution in [-0.4, -0.2) is 24.4 Å². The van der Waals surface area contributed by atoms with Crippen LogP contribution in [0, 0.1) is 11.7 Å². The van der Waals surface area contributed by atoms with Crippen molar-refractivity contribution < 1.29 is 14.0 Å². The highest BCUT2D eigenvalue weighted by Crippen LogP contribution is 2.14. The molecular formula is C14H20BrClFN3O2. The molecule has 124 valence electrons. The van der Waals surface area contributed by atoms with Crippen molar-refractivity contribution in [1.29, 1.82) is 0 Å². The molecular weight excluding hydrogens is 377 g/mol. The van der Waals surface area contributed by atoms with Gasteiger partial charge in [0, 0.05) is 11.0 Å². The molecule has 1 aromatic rings. The highest BCUT2D eigenvalue weighted by Gasteiger charge is 2.17. The number of rotatable bonds is 6. The monoisotopic (exact) mass is 395 g/mol. The lowest BCUT2D eigenvalue weighted by atomic mass is 10.1. The van der Waals surface area contributed by atoms with Crippen LogP contribution in [-0.2, 0) is 16.1 Å². The highest BCUT2D eigenvalue weighted by molar-refractivity contribution is 9.10. The molecule has 0 unspecified atom stereocenters. The minimum absolute atomic E-state index is 0. The quantitative estimate of drug-likeness (QED) is 0.684. The van der Waals surface area contributed by atoms with Crippen LogP contribution < -0.4 is 16.4 Å². The first-order chi connectivity index (χ1) is 9.79. The van der Waals surface area contributed by atoms with Crippen molar-refractivity contribution in [2.45, 2.75) is 26.4 Å². The molecule has 22 heavy (non-hydrogen) atoms. The van der Waals surface area contributed by atoms with Gasteiger partial charge in [-0.05, 0) is 29.7 Å². The van der Waals surface area contributed by atoms with Crippen molar-refractivity contribution >= 4 is 40.2 Å². The molecule has 8 heteroatoms. The Morgan fingerprint density at radius 2 is 1.91 bits per heavy atom. The minimum atomic E-state index is -0.642. The van der Waals surface area contributed by atoms with Crippen molar-refractivity contribution in [3.63, 3.8) is 0 Å². The lowest BCUT2D eigenvalue weighted by Gasteiger charge is -2.15. The van der Waals surface area contributed by atoms with E-state index in [1.165, 1.54) is 12.1 Å². The van der Waals surface area contributed by atoms with E-state index in [-0.39, 0.29) is 49.0 Å². The second-order valence-electron chi connectivity index (χ2n) is 5.04. The molecule has 0 aliphatic carbocycles. The molecule has 2 amide bonds. The molecule has 0 heterocycles. The molecule has 0 saturated carbocycles. The Labute approximate surface area is 143 Å². The summed E-state index contributed by atoms with van der Waals surface area (Å²) in [6.45, 7) is 3.68. The van der Waals surface area contributed by atoms with E-state index in [0.29, 0.717) is 10.0 Å². The first-order valence-electron chi connectivity index (χ1n) is 6.54. The zero-order valence-electron chi connectivity index (χ0n) is 12.4. The summed E-state index contributed by atoms with van der Waals surface area (Å²) in [6, 6.07) is 3.73. The van der Waals surface area contributed by atoms with Crippen molar-refractivity contribution in [2.75, 3.05) is 6.54 Å². The van der Waals surface area contributed by atoms with E-state index in [2.05, 4.69) is 26.6 Å². The van der Waals surface area contributed by atoms with Crippen molar-refractivity contribution in [2.24, 2.45) is 11.7 Å². The first kappa shape index (κ1) is 20.8. The Morgan fingerprint density at radius 1 is 1.27 bits per heavy atom. The molecule has 1 rings (SSSR count). The molecule has 1 atom stereocenters. The van der Waals surface area contributed by atoms with Gasteiger partial charge < -0.3 is 16.4 Å². The number of amides is 2. The molecule has 0 saturated heterocycles. The summed E-state index contributed by atoms with van der Waals surface area (Å²) in [5.41, 5.74) is 6.28. The number of benzene rings is 1. The third kappa shape index (κ3) is 7.20. The molecule has 0 fully saturated rings. The van der Waals surface area contributed by atoms with Crippen LogP contribution in [0.5, 0.6) is 0 Å². The number of halogens is 3. The smallest absolute Gasteiger partial charge is 0.239 e. The maximum atomic E-state index is 13.2. The lowest BCUT2D eigenvalue weighted by Crippen LogP contribution is -2.47. The number of hydrogen-bond donors (Lipinski definition) is 3. The predicted molar refractivity (Wildman–Crippen MR) is 89.0 cm³/mol. The summed E-state index contributed by atoms with van der Waals surface area (Å²) in [5.74, 6) is -1.11. The fourth-order valence-electron chi connectivity index (χ4n) is 1.56. The van der Waals surface area contributed by atoms with Gasteiger partial charge in [-0.3, -0.25) is 9.59 Å². The van der Waals surface area contributed by atoms with Crippen LogP contribution in [0.2, 0.25) is 0 Å². The number of nitrogens with two attached hydrogens (primary N) is 1. The summed E-state index contributed by atoms with van der Waals surface area (Å²) in [6.07, 6.45) is 0. The summed E-state index contributed by atoms with van der Waals surface area (Å²) < 4.78 is 13.8. The van der Waals surface area contributed by atoms with Crippen molar-refractivity contribution in [3.8, 4) is 0 Å². The van der Waals surface area contributed by atoms with Gasteiger partial charge in [0.15, 0.2) is 0 Å². The second-order valence-corrected chi connectivity index (χ2v) is 5.96. The summed E-state index contributed by atoms with van der Waals surface area (Å²) >= 11 is 3.18. The van der Waals surface area contributed by atoms with Crippen molar-refractivity contribution in [3.05, 3.63) is 34.1 Å². The fourth-order valence-corrected chi connectivity index (χ4v) is 2.08. The van der Waals surface area contributed by atoms with Gasteiger partial charge in [0.2, 0.25) is 11.8 Å². The third-order valence-corrected chi connectivity index (χ3v) is 3.31. The summed E-state index contributed by atoms with van der Waals surface area (Å²) in [4.78, 5) is 23.2. The maximum absolute atomic E-state index is 13.2. The number of hydrogen-bond acceptors (Lipinski definition) is 3. The zero-order chi connectivity index (χ0) is 16.0. The zero-order valence-corrected chi connectivity index (χ0v) is 14.8. The topological polar surface area (TPSA) is 84.2 Å². The van der Waals surface area contributed by atoms with Gasteiger partial charge in [0.1, 0.15) is 5.82 Å². The van der Waals surface area contributed by atoms with E-state index < -0.39 is 6.04 Å². The lowest BCUT2D eigenvalue weighted by molar-refractivity contribution is -0.127. The SMILES string of the molecule is CC(C)[C@H](N)C(=O)NCC(=O)NCc1cc(F)cc(Br)c1.Cl. The van der Waals surface area contributed by atoms with Gasteiger partial charge in [0.25, 0.3) is 0 Å². The van der Waals surface area contributed by atoms with E-state index in [9.17, 15) is 14.0 Å². The van der Waals surface area contributed by atoms with Crippen LogP contribution in [0.1, 0.15) is 19.4 Å². The van der Waals surface area contributed by atoms with E-state index in [0.717, 1.165) is 0 Å². The standard InChI is InChI=1S/C14H19BrFN3O2.ClH/c1-8(2)13(17)14(21)19-7-12(20)18-6-9-3-10(15)5-11(16)4-9;/h3-5,8,13H,6-7,17H2,1-2H3,(H,18,20)(H,19,21);1H/t13-;/m0./s1. The van der Waals surface area contributed by atoms with Gasteiger partial charge in [-0.2, -0.15) is 0 Å². The Bertz CT molecular complexity index is 509. The van der Waals surface area contributed by atoms with Gasteiger partial charge in [0.05, 0.1) is 12.6 Å². The minimum Gasteiger partial charge on any atom is -0.350 e. The van der Waals surface area contributed by atoms with Crippen LogP contribution in [0.4, 0.5) is 4.39 Å². The number of nitrogens with one attached hydrogen (secondary N) is 2. The Balaban J connectivity index is 0.00000441. The largest absolute Gasteiger partial charge is 0.350 e. The van der Waals surface area contributed by atoms with Gasteiger partial charge >= 0.3 is 0 Å². The average Bonchev–Trinajstić information content (AvgIpc) is 2.40. The molecule has 0 radical (unpaired) electrons. The highest BCUT2D eigenvalue weighted by atomic mass is 79.9. The molecule has 4 N–H and O–H groups in total. The van der Waals surface area contributed by atoms with E-state index >= 15 is 0 Å². The normalized spacial score (nSPS) is 11.5. The molecule has 0 spiro atoms. The Morgan fingerprint density at radius 3 is 2.45 bits per heavy atom.